The Kier molecular flexibility index (Phi) is 12.1. The highest BCUT2D eigenvalue weighted by molar-refractivity contribution is 5.92. The highest BCUT2D eigenvalue weighted by atomic mass is 16.5. The molecule has 2 aromatic carbocycles. The molecular formula is C39H49N3O5. The third-order valence-corrected chi connectivity index (χ3v) is 9.56. The van der Waals surface area contributed by atoms with Crippen LogP contribution >= 0.6 is 0 Å². The molecule has 1 aliphatic heterocycles. The fourth-order valence-electron chi connectivity index (χ4n) is 7.05. The molecule has 250 valence electrons. The van der Waals surface area contributed by atoms with Crippen LogP contribution in [0.15, 0.2) is 67.8 Å². The maximum atomic E-state index is 14.4. The number of carbonyl (C=O) groups excluding carboxylic acids is 2. The summed E-state index contributed by atoms with van der Waals surface area (Å²) in [7, 11) is 3.01. The number of esters is 1. The number of aromatic nitrogens is 1. The number of ether oxygens (including phenoxy) is 3. The van der Waals surface area contributed by atoms with Gasteiger partial charge in [0.1, 0.15) is 23.6 Å². The van der Waals surface area contributed by atoms with Crippen LogP contribution in [0.1, 0.15) is 69.8 Å². The predicted molar refractivity (Wildman–Crippen MR) is 187 cm³/mol. The number of nitrogens with one attached hydrogen (secondary N) is 1. The number of rotatable bonds is 15. The van der Waals surface area contributed by atoms with Crippen LogP contribution in [0.3, 0.4) is 0 Å². The molecule has 0 spiro atoms. The number of nitrogens with zero attached hydrogens (tertiary/aromatic N) is 2. The first-order valence-electron chi connectivity index (χ1n) is 17.1. The van der Waals surface area contributed by atoms with Crippen molar-refractivity contribution in [3.63, 3.8) is 0 Å². The van der Waals surface area contributed by atoms with E-state index in [0.29, 0.717) is 23.4 Å². The summed E-state index contributed by atoms with van der Waals surface area (Å²) in [5.74, 6) is 1.09. The van der Waals surface area contributed by atoms with Gasteiger partial charge in [-0.3, -0.25) is 4.79 Å². The number of fused-ring (bicyclic) bond motifs is 1. The van der Waals surface area contributed by atoms with Gasteiger partial charge < -0.3 is 24.4 Å². The Morgan fingerprint density at radius 3 is 2.51 bits per heavy atom. The van der Waals surface area contributed by atoms with E-state index in [9.17, 15) is 9.59 Å². The zero-order valence-electron chi connectivity index (χ0n) is 27.9. The molecule has 0 bridgehead atoms. The summed E-state index contributed by atoms with van der Waals surface area (Å²) in [6.07, 6.45) is 13.3. The molecule has 0 unspecified atom stereocenters. The monoisotopic (exact) mass is 639 g/mol. The van der Waals surface area contributed by atoms with Crippen molar-refractivity contribution in [1.29, 1.82) is 0 Å². The minimum absolute atomic E-state index is 0.0345. The molecule has 2 fully saturated rings. The standard InChI is InChI=1S/C39H49N3O5/c1-5-7-8-9-16-21-40-37(29-19-14-11-15-20-29)38(43)42-26-30(23-34(42)39(44)46-4)47-36-24-32(28-17-12-10-13-18-28)41-33-25-35(45-3)27(6-2)22-31(33)36/h5-6,10,12-13,17-18,22,24-25,29-30,34,37,40H,1-2,7-9,11,14-16,19-21,23,26H2,3-4H3/t30-,34+,37+/m1/s1. The topological polar surface area (TPSA) is 90.0 Å². The molecule has 1 saturated heterocycles. The maximum Gasteiger partial charge on any atom is 0.328 e. The fourth-order valence-corrected chi connectivity index (χ4v) is 7.05. The van der Waals surface area contributed by atoms with Crippen molar-refractivity contribution in [2.75, 3.05) is 27.3 Å². The second-order valence-electron chi connectivity index (χ2n) is 12.7. The molecule has 3 aromatic rings. The molecule has 1 saturated carbocycles. The Hall–Kier alpha value is -4.17. The lowest BCUT2D eigenvalue weighted by Crippen LogP contribution is -2.54. The predicted octanol–water partition coefficient (Wildman–Crippen LogP) is 7.36. The fraction of sp³-hybridized carbons (Fsp3) is 0.462. The average molecular weight is 640 g/mol. The lowest BCUT2D eigenvalue weighted by Gasteiger charge is -2.34. The van der Waals surface area contributed by atoms with Gasteiger partial charge in [-0.1, -0.05) is 74.7 Å². The third kappa shape index (κ3) is 8.22. The summed E-state index contributed by atoms with van der Waals surface area (Å²) in [5.41, 5.74) is 3.24. The molecule has 1 aliphatic carbocycles. The van der Waals surface area contributed by atoms with Gasteiger partial charge in [0.25, 0.3) is 0 Å². The van der Waals surface area contributed by atoms with E-state index in [2.05, 4.69) is 18.5 Å². The Bertz CT molecular complexity index is 1530. The van der Waals surface area contributed by atoms with Gasteiger partial charge in [-0.25, -0.2) is 9.78 Å². The van der Waals surface area contributed by atoms with Gasteiger partial charge in [0.15, 0.2) is 0 Å². The van der Waals surface area contributed by atoms with Crippen LogP contribution < -0.4 is 14.8 Å². The number of amides is 1. The Morgan fingerprint density at radius 2 is 1.81 bits per heavy atom. The number of hydrogen-bond donors (Lipinski definition) is 1. The van der Waals surface area contributed by atoms with E-state index in [4.69, 9.17) is 19.2 Å². The Labute approximate surface area is 279 Å². The highest BCUT2D eigenvalue weighted by Gasteiger charge is 2.45. The zero-order chi connectivity index (χ0) is 33.2. The SMILES string of the molecule is C=CCCCCCN[C@H](C(=O)N1C[C@H](Oc2cc(-c3ccccc3)nc3cc(OC)c(C=C)cc23)C[C@H]1C(=O)OC)C1CCCCC1. The Morgan fingerprint density at radius 1 is 1.02 bits per heavy atom. The number of hydrogen-bond acceptors (Lipinski definition) is 7. The van der Waals surface area contributed by atoms with Gasteiger partial charge in [0.05, 0.1) is 38.0 Å². The lowest BCUT2D eigenvalue weighted by atomic mass is 9.83. The van der Waals surface area contributed by atoms with E-state index in [-0.39, 0.29) is 24.4 Å². The van der Waals surface area contributed by atoms with Gasteiger partial charge >= 0.3 is 5.97 Å². The molecule has 8 nitrogen and oxygen atoms in total. The summed E-state index contributed by atoms with van der Waals surface area (Å²) < 4.78 is 17.6. The van der Waals surface area contributed by atoms with Gasteiger partial charge in [-0.2, -0.15) is 0 Å². The molecule has 1 aromatic heterocycles. The first-order valence-corrected chi connectivity index (χ1v) is 17.1. The van der Waals surface area contributed by atoms with Crippen molar-refractivity contribution in [2.45, 2.75) is 82.4 Å². The molecule has 3 atom stereocenters. The van der Waals surface area contributed by atoms with E-state index < -0.39 is 18.1 Å². The van der Waals surface area contributed by atoms with Crippen LogP contribution in [0.2, 0.25) is 0 Å². The van der Waals surface area contributed by atoms with Crippen molar-refractivity contribution in [1.82, 2.24) is 15.2 Å². The van der Waals surface area contributed by atoms with Crippen molar-refractivity contribution < 1.29 is 23.8 Å². The van der Waals surface area contributed by atoms with Crippen LogP contribution in [0.25, 0.3) is 28.2 Å². The molecule has 8 heteroatoms. The minimum atomic E-state index is -0.719. The maximum absolute atomic E-state index is 14.4. The lowest BCUT2D eigenvalue weighted by molar-refractivity contribution is -0.152. The summed E-state index contributed by atoms with van der Waals surface area (Å²) in [6.45, 7) is 8.83. The minimum Gasteiger partial charge on any atom is -0.496 e. The van der Waals surface area contributed by atoms with Gasteiger partial charge in [0.2, 0.25) is 5.91 Å². The quantitative estimate of drug-likeness (QED) is 0.106. The number of likely N-dealkylation sites (tertiary alicyclic amines) is 1. The summed E-state index contributed by atoms with van der Waals surface area (Å²) in [5, 5.41) is 4.42. The van der Waals surface area contributed by atoms with Crippen LogP contribution in [0, 0.1) is 5.92 Å². The first kappa shape index (κ1) is 34.2. The number of benzene rings is 2. The second kappa shape index (κ2) is 16.6. The summed E-state index contributed by atoms with van der Waals surface area (Å²) in [4.78, 5) is 34.2. The molecule has 2 aliphatic rings. The summed E-state index contributed by atoms with van der Waals surface area (Å²) >= 11 is 0. The summed E-state index contributed by atoms with van der Waals surface area (Å²) in [6, 6.07) is 14.7. The smallest absolute Gasteiger partial charge is 0.328 e. The molecule has 2 heterocycles. The van der Waals surface area contributed by atoms with Crippen molar-refractivity contribution in [2.24, 2.45) is 5.92 Å². The highest BCUT2D eigenvalue weighted by Crippen LogP contribution is 2.37. The van der Waals surface area contributed by atoms with Crippen molar-refractivity contribution in [3.05, 3.63) is 73.3 Å². The van der Waals surface area contributed by atoms with E-state index in [1.807, 2.05) is 54.6 Å². The number of allylic oxidation sites excluding steroid dienone is 1. The van der Waals surface area contributed by atoms with Crippen LogP contribution in [0.5, 0.6) is 11.5 Å². The third-order valence-electron chi connectivity index (χ3n) is 9.56. The molecule has 0 radical (unpaired) electrons. The van der Waals surface area contributed by atoms with Crippen molar-refractivity contribution >= 4 is 28.9 Å². The van der Waals surface area contributed by atoms with E-state index in [1.165, 1.54) is 13.5 Å². The molecule has 1 amide bonds. The largest absolute Gasteiger partial charge is 0.496 e. The number of pyridine rings is 1. The second-order valence-corrected chi connectivity index (χ2v) is 12.7. The number of unbranched alkanes of at least 4 members (excludes halogenated alkanes) is 3. The first-order chi connectivity index (χ1) is 23.0. The normalized spacial score (nSPS) is 18.9. The van der Waals surface area contributed by atoms with E-state index in [0.717, 1.165) is 80.1 Å². The van der Waals surface area contributed by atoms with E-state index in [1.54, 1.807) is 18.1 Å². The van der Waals surface area contributed by atoms with Gasteiger partial charge in [-0.15, -0.1) is 6.58 Å². The molecule has 1 N–H and O–H groups in total. The molecule has 47 heavy (non-hydrogen) atoms. The van der Waals surface area contributed by atoms with Crippen LogP contribution in [0.4, 0.5) is 0 Å². The van der Waals surface area contributed by atoms with Gasteiger partial charge in [0, 0.05) is 35.1 Å². The number of methoxy groups -OCH3 is 2. The average Bonchev–Trinajstić information content (AvgIpc) is 3.54. The number of carbonyl (C=O) groups is 2. The van der Waals surface area contributed by atoms with E-state index >= 15 is 0 Å². The molecular weight excluding hydrogens is 590 g/mol. The Balaban J connectivity index is 1.43. The van der Waals surface area contributed by atoms with Crippen LogP contribution in [-0.4, -0.2) is 67.3 Å². The molecule has 5 rings (SSSR count). The van der Waals surface area contributed by atoms with Crippen molar-refractivity contribution in [3.8, 4) is 22.8 Å². The van der Waals surface area contributed by atoms with Gasteiger partial charge in [-0.05, 0) is 50.6 Å². The van der Waals surface area contributed by atoms with Crippen LogP contribution in [-0.2, 0) is 14.3 Å². The zero-order valence-corrected chi connectivity index (χ0v) is 27.9.